The van der Waals surface area contributed by atoms with Crippen LogP contribution in [0.15, 0.2) is 0 Å². The first-order valence-corrected chi connectivity index (χ1v) is 10.9. The lowest BCUT2D eigenvalue weighted by molar-refractivity contribution is -0.200. The Morgan fingerprint density at radius 3 is 2.35 bits per heavy atom. The molecule has 0 aromatic carbocycles. The molecule has 2 atom stereocenters. The topological polar surface area (TPSA) is 131 Å². The van der Waals surface area contributed by atoms with Crippen molar-refractivity contribution in [3.63, 3.8) is 0 Å². The molecule has 0 bridgehead atoms. The summed E-state index contributed by atoms with van der Waals surface area (Å²) in [5.74, 6) is -2.14. The lowest BCUT2D eigenvalue weighted by Crippen LogP contribution is -2.49. The number of amides is 1. The summed E-state index contributed by atoms with van der Waals surface area (Å²) in [5, 5.41) is -5.13. The van der Waals surface area contributed by atoms with Crippen LogP contribution in [0.25, 0.3) is 0 Å². The van der Waals surface area contributed by atoms with Crippen LogP contribution in [0.4, 0.5) is 18.0 Å². The number of esters is 1. The highest BCUT2D eigenvalue weighted by Gasteiger charge is 2.49. The molecule has 0 radical (unpaired) electrons. The van der Waals surface area contributed by atoms with E-state index in [4.69, 9.17) is 14.2 Å². The van der Waals surface area contributed by atoms with Gasteiger partial charge in [-0.25, -0.2) is 22.4 Å². The molecule has 0 saturated carbocycles. The maximum Gasteiger partial charge on any atom is 0.410 e. The van der Waals surface area contributed by atoms with Crippen LogP contribution in [-0.2, 0) is 33.9 Å². The summed E-state index contributed by atoms with van der Waals surface area (Å²) >= 11 is 0. The van der Waals surface area contributed by atoms with E-state index in [1.165, 1.54) is 4.90 Å². The van der Waals surface area contributed by atoms with Gasteiger partial charge in [0.25, 0.3) is 0 Å². The molecule has 1 amide bonds. The maximum absolute atomic E-state index is 13.4. The van der Waals surface area contributed by atoms with E-state index in [1.54, 1.807) is 20.8 Å². The second-order valence-corrected chi connectivity index (χ2v) is 9.69. The van der Waals surface area contributed by atoms with E-state index in [0.717, 1.165) is 0 Å². The molecule has 31 heavy (non-hydrogen) atoms. The van der Waals surface area contributed by atoms with Crippen molar-refractivity contribution >= 4 is 22.2 Å². The average molecular weight is 476 g/mol. The number of hydrogen-bond acceptors (Lipinski definition) is 9. The number of halogens is 3. The van der Waals surface area contributed by atoms with Gasteiger partial charge in [0.2, 0.25) is 0 Å². The molecule has 2 aliphatic rings. The zero-order valence-corrected chi connectivity index (χ0v) is 18.1. The summed E-state index contributed by atoms with van der Waals surface area (Å²) < 4.78 is 91.8. The summed E-state index contributed by atoms with van der Waals surface area (Å²) in [6, 6.07) is 0. The summed E-state index contributed by atoms with van der Waals surface area (Å²) in [7, 11) is -6.19. The Balaban J connectivity index is 1.79. The number of ether oxygens (including phenoxy) is 4. The molecule has 2 heterocycles. The van der Waals surface area contributed by atoms with Crippen LogP contribution in [0.3, 0.4) is 0 Å². The van der Waals surface area contributed by atoms with E-state index in [-0.39, 0.29) is 32.5 Å². The number of nitrogens with zero attached hydrogens (tertiary/aromatic N) is 1. The van der Waals surface area contributed by atoms with E-state index < -0.39 is 64.1 Å². The van der Waals surface area contributed by atoms with E-state index in [0.29, 0.717) is 0 Å². The molecule has 2 aliphatic heterocycles. The second kappa shape index (κ2) is 9.08. The Morgan fingerprint density at radius 2 is 1.84 bits per heavy atom. The van der Waals surface area contributed by atoms with E-state index in [1.807, 2.05) is 0 Å². The normalized spacial score (nSPS) is 22.9. The molecule has 0 aliphatic carbocycles. The standard InChI is InChI=1S/C17H26F3NO9S/c1-15(2,3)30-14(23)21-7-5-16(6-8-21)28-10-11(29-16)13(22)27-9-4-12(18)17(19,20)31(24,25)26/h11-12H,4-10H2,1-3H3,(H,24,25,26)/p-1. The highest BCUT2D eigenvalue weighted by Crippen LogP contribution is 2.35. The lowest BCUT2D eigenvalue weighted by atomic mass is 10.0. The fourth-order valence-corrected chi connectivity index (χ4v) is 3.40. The third kappa shape index (κ3) is 6.43. The van der Waals surface area contributed by atoms with Crippen molar-refractivity contribution in [3.05, 3.63) is 0 Å². The molecule has 2 saturated heterocycles. The van der Waals surface area contributed by atoms with Gasteiger partial charge in [-0.3, -0.25) is 0 Å². The predicted molar refractivity (Wildman–Crippen MR) is 95.7 cm³/mol. The van der Waals surface area contributed by atoms with E-state index in [2.05, 4.69) is 4.74 Å². The minimum atomic E-state index is -6.19. The first kappa shape index (κ1) is 25.6. The van der Waals surface area contributed by atoms with Gasteiger partial charge in [0.1, 0.15) is 5.60 Å². The van der Waals surface area contributed by atoms with Gasteiger partial charge < -0.3 is 28.4 Å². The Kier molecular flexibility index (Phi) is 7.50. The largest absolute Gasteiger partial charge is 0.743 e. The molecule has 0 aromatic heterocycles. The summed E-state index contributed by atoms with van der Waals surface area (Å²) in [5.41, 5.74) is -0.651. The van der Waals surface area contributed by atoms with Crippen molar-refractivity contribution in [3.8, 4) is 0 Å². The highest BCUT2D eigenvalue weighted by atomic mass is 32.2. The van der Waals surface area contributed by atoms with Gasteiger partial charge in [-0.15, -0.1) is 0 Å². The molecule has 2 unspecified atom stereocenters. The molecular formula is C17H25F3NO9S-. The van der Waals surface area contributed by atoms with Gasteiger partial charge in [-0.1, -0.05) is 0 Å². The van der Waals surface area contributed by atoms with Crippen molar-refractivity contribution in [2.75, 3.05) is 26.3 Å². The monoisotopic (exact) mass is 476 g/mol. The van der Waals surface area contributed by atoms with Gasteiger partial charge in [0.15, 0.2) is 28.2 Å². The number of piperidine rings is 1. The average Bonchev–Trinajstić information content (AvgIpc) is 3.03. The minimum absolute atomic E-state index is 0.199. The summed E-state index contributed by atoms with van der Waals surface area (Å²) in [6.07, 6.45) is -5.72. The third-order valence-electron chi connectivity index (χ3n) is 4.61. The van der Waals surface area contributed by atoms with Gasteiger partial charge in [0, 0.05) is 32.4 Å². The summed E-state index contributed by atoms with van der Waals surface area (Å²) in [4.78, 5) is 25.6. The van der Waals surface area contributed by atoms with Gasteiger partial charge in [-0.05, 0) is 20.8 Å². The fraction of sp³-hybridized carbons (Fsp3) is 0.882. The van der Waals surface area contributed by atoms with Crippen molar-refractivity contribution in [2.24, 2.45) is 0 Å². The quantitative estimate of drug-likeness (QED) is 0.414. The van der Waals surface area contributed by atoms with Crippen LogP contribution in [0, 0.1) is 0 Å². The first-order chi connectivity index (χ1) is 14.1. The number of carbonyl (C=O) groups excluding carboxylic acids is 2. The summed E-state index contributed by atoms with van der Waals surface area (Å²) in [6.45, 7) is 4.63. The molecule has 14 heteroatoms. The molecular weight excluding hydrogens is 451 g/mol. The molecule has 0 aromatic rings. The number of hydrogen-bond donors (Lipinski definition) is 0. The number of rotatable bonds is 6. The predicted octanol–water partition coefficient (Wildman–Crippen LogP) is 1.54. The van der Waals surface area contributed by atoms with Crippen LogP contribution in [0.5, 0.6) is 0 Å². The van der Waals surface area contributed by atoms with Gasteiger partial charge in [-0.2, -0.15) is 8.78 Å². The highest BCUT2D eigenvalue weighted by molar-refractivity contribution is 7.86. The first-order valence-electron chi connectivity index (χ1n) is 9.50. The second-order valence-electron chi connectivity index (χ2n) is 8.24. The molecule has 2 fully saturated rings. The maximum atomic E-state index is 13.4. The van der Waals surface area contributed by atoms with Crippen molar-refractivity contribution in [1.29, 1.82) is 0 Å². The smallest absolute Gasteiger partial charge is 0.410 e. The van der Waals surface area contributed by atoms with Crippen LogP contribution < -0.4 is 0 Å². The van der Waals surface area contributed by atoms with E-state index in [9.17, 15) is 35.7 Å². The lowest BCUT2D eigenvalue weighted by Gasteiger charge is -2.38. The van der Waals surface area contributed by atoms with Crippen LogP contribution in [0.2, 0.25) is 0 Å². The fourth-order valence-electron chi connectivity index (χ4n) is 2.97. The zero-order valence-electron chi connectivity index (χ0n) is 17.3. The van der Waals surface area contributed by atoms with Gasteiger partial charge in [0.05, 0.1) is 13.2 Å². The van der Waals surface area contributed by atoms with Crippen molar-refractivity contribution in [2.45, 2.75) is 69.0 Å². The number of alkyl halides is 3. The molecule has 1 spiro atoms. The molecule has 180 valence electrons. The van der Waals surface area contributed by atoms with Gasteiger partial charge >= 0.3 is 17.3 Å². The van der Waals surface area contributed by atoms with Crippen LogP contribution in [0.1, 0.15) is 40.0 Å². The molecule has 2 rings (SSSR count). The Hall–Kier alpha value is -1.64. The van der Waals surface area contributed by atoms with Crippen molar-refractivity contribution < 1.29 is 54.7 Å². The number of carbonyl (C=O) groups is 2. The number of likely N-dealkylation sites (tertiary alicyclic amines) is 1. The van der Waals surface area contributed by atoms with E-state index >= 15 is 0 Å². The van der Waals surface area contributed by atoms with Crippen molar-refractivity contribution in [1.82, 2.24) is 4.90 Å². The molecule has 0 N–H and O–H groups in total. The Bertz CT molecular complexity index is 776. The Labute approximate surface area is 177 Å². The van der Waals surface area contributed by atoms with Crippen LogP contribution in [-0.4, -0.2) is 85.2 Å². The minimum Gasteiger partial charge on any atom is -0.743 e. The van der Waals surface area contributed by atoms with Crippen LogP contribution >= 0.6 is 0 Å². The molecule has 10 nitrogen and oxygen atoms in total. The SMILES string of the molecule is CC(C)(C)OC(=O)N1CCC2(CC1)OCC(C(=O)OCCC(F)C(F)(F)S(=O)(=O)[O-])O2. The Morgan fingerprint density at radius 1 is 1.26 bits per heavy atom. The third-order valence-corrected chi connectivity index (χ3v) is 5.53. The zero-order chi connectivity index (χ0) is 23.7.